The Hall–Kier alpha value is -3.10. The number of rotatable bonds is 6. The summed E-state index contributed by atoms with van der Waals surface area (Å²) in [5.41, 5.74) is 2.90. The summed E-state index contributed by atoms with van der Waals surface area (Å²) in [6.45, 7) is 0. The van der Waals surface area contributed by atoms with E-state index in [1.54, 1.807) is 17.8 Å². The first-order valence-corrected chi connectivity index (χ1v) is 11.4. The van der Waals surface area contributed by atoms with E-state index in [0.717, 1.165) is 45.9 Å². The minimum absolute atomic E-state index is 0.421. The highest BCUT2D eigenvalue weighted by Gasteiger charge is 2.31. The minimum Gasteiger partial charge on any atom is -0.360 e. The van der Waals surface area contributed by atoms with Crippen molar-refractivity contribution in [3.05, 3.63) is 65.6 Å². The monoisotopic (exact) mass is 448 g/mol. The van der Waals surface area contributed by atoms with Crippen LogP contribution in [0.2, 0.25) is 5.02 Å². The number of nitrogens with one attached hydrogen (secondary N) is 1. The molecule has 3 aromatic heterocycles. The fraction of sp³-hybridized carbons (Fsp3) is 0.182. The van der Waals surface area contributed by atoms with Crippen molar-refractivity contribution in [1.82, 2.24) is 29.9 Å². The van der Waals surface area contributed by atoms with Crippen LogP contribution < -0.4 is 0 Å². The van der Waals surface area contributed by atoms with Gasteiger partial charge in [0.25, 0.3) is 5.89 Å². The normalized spacial score (nSPS) is 13.8. The number of halogens is 1. The lowest BCUT2D eigenvalue weighted by Crippen LogP contribution is -1.99. The molecule has 0 aliphatic heterocycles. The van der Waals surface area contributed by atoms with Crippen LogP contribution in [0.3, 0.4) is 0 Å². The number of fused-ring (bicyclic) bond motifs is 1. The van der Waals surface area contributed by atoms with Gasteiger partial charge in [0.1, 0.15) is 0 Å². The molecule has 31 heavy (non-hydrogen) atoms. The first-order valence-electron chi connectivity index (χ1n) is 9.99. The molecular formula is C22H17ClN6OS. The lowest BCUT2D eigenvalue weighted by atomic mass is 10.1. The average molecular weight is 449 g/mol. The predicted octanol–water partition coefficient (Wildman–Crippen LogP) is 5.76. The Labute approximate surface area is 186 Å². The standard InChI is InChI=1S/C22H17ClN6OS/c23-17-7-3-1-6-15(17)21-25-19(28-30-21)12-31-22-27-26-20(29(22)13-9-10-13)16-11-24-18-8-4-2-5-14(16)18/h1-8,11,13,24H,9-10,12H2. The number of benzene rings is 2. The van der Waals surface area contributed by atoms with Crippen molar-refractivity contribution in [3.63, 3.8) is 0 Å². The molecule has 1 fully saturated rings. The Balaban J connectivity index is 1.28. The molecule has 0 saturated heterocycles. The third-order valence-corrected chi connectivity index (χ3v) is 6.58. The van der Waals surface area contributed by atoms with E-state index >= 15 is 0 Å². The summed E-state index contributed by atoms with van der Waals surface area (Å²) in [4.78, 5) is 7.83. The van der Waals surface area contributed by atoms with Crippen molar-refractivity contribution in [2.45, 2.75) is 29.8 Å². The number of hydrogen-bond acceptors (Lipinski definition) is 6. The molecule has 1 saturated carbocycles. The van der Waals surface area contributed by atoms with Crippen LogP contribution in [-0.2, 0) is 5.75 Å². The van der Waals surface area contributed by atoms with Crippen LogP contribution in [0.4, 0.5) is 0 Å². The molecule has 2 aromatic carbocycles. The van der Waals surface area contributed by atoms with E-state index in [9.17, 15) is 0 Å². The first kappa shape index (κ1) is 18.7. The molecule has 0 amide bonds. The molecule has 5 aromatic rings. The van der Waals surface area contributed by atoms with E-state index in [1.807, 2.05) is 36.5 Å². The second-order valence-corrected chi connectivity index (χ2v) is 8.79. The van der Waals surface area contributed by atoms with E-state index in [1.165, 1.54) is 0 Å². The largest absolute Gasteiger partial charge is 0.360 e. The van der Waals surface area contributed by atoms with E-state index in [2.05, 4.69) is 42.0 Å². The number of nitrogens with zero attached hydrogens (tertiary/aromatic N) is 5. The van der Waals surface area contributed by atoms with Crippen LogP contribution in [0.1, 0.15) is 24.7 Å². The van der Waals surface area contributed by atoms with Crippen LogP contribution in [0, 0.1) is 0 Å². The summed E-state index contributed by atoms with van der Waals surface area (Å²) >= 11 is 7.81. The molecule has 1 N–H and O–H groups in total. The zero-order chi connectivity index (χ0) is 20.8. The van der Waals surface area contributed by atoms with E-state index in [4.69, 9.17) is 16.1 Å². The van der Waals surface area contributed by atoms with Crippen molar-refractivity contribution < 1.29 is 4.52 Å². The number of para-hydroxylation sites is 1. The molecule has 3 heterocycles. The van der Waals surface area contributed by atoms with Crippen molar-refractivity contribution in [1.29, 1.82) is 0 Å². The van der Waals surface area contributed by atoms with Crippen molar-refractivity contribution >= 4 is 34.3 Å². The maximum Gasteiger partial charge on any atom is 0.259 e. The molecule has 154 valence electrons. The Morgan fingerprint density at radius 2 is 1.90 bits per heavy atom. The van der Waals surface area contributed by atoms with Crippen molar-refractivity contribution in [2.24, 2.45) is 0 Å². The molecule has 0 radical (unpaired) electrons. The third-order valence-electron chi connectivity index (χ3n) is 5.31. The van der Waals surface area contributed by atoms with Crippen molar-refractivity contribution in [3.8, 4) is 22.8 Å². The molecule has 0 atom stereocenters. The zero-order valence-electron chi connectivity index (χ0n) is 16.3. The third kappa shape index (κ3) is 3.41. The second-order valence-electron chi connectivity index (χ2n) is 7.44. The van der Waals surface area contributed by atoms with E-state index in [-0.39, 0.29) is 0 Å². The van der Waals surface area contributed by atoms with Crippen LogP contribution in [0.25, 0.3) is 33.7 Å². The van der Waals surface area contributed by atoms with Crippen LogP contribution in [-0.4, -0.2) is 29.9 Å². The van der Waals surface area contributed by atoms with Gasteiger partial charge in [0, 0.05) is 28.7 Å². The fourth-order valence-corrected chi connectivity index (χ4v) is 4.73. The highest BCUT2D eigenvalue weighted by molar-refractivity contribution is 7.98. The smallest absolute Gasteiger partial charge is 0.259 e. The summed E-state index contributed by atoms with van der Waals surface area (Å²) in [5.74, 6) is 2.45. The molecule has 1 aliphatic carbocycles. The van der Waals surface area contributed by atoms with Gasteiger partial charge in [0.15, 0.2) is 16.8 Å². The predicted molar refractivity (Wildman–Crippen MR) is 120 cm³/mol. The van der Waals surface area contributed by atoms with Gasteiger partial charge >= 0.3 is 0 Å². The molecule has 1 aliphatic rings. The topological polar surface area (TPSA) is 85.4 Å². The average Bonchev–Trinajstić information content (AvgIpc) is 3.20. The quantitative estimate of drug-likeness (QED) is 0.332. The van der Waals surface area contributed by atoms with Gasteiger partial charge in [0.05, 0.1) is 16.3 Å². The zero-order valence-corrected chi connectivity index (χ0v) is 17.9. The van der Waals surface area contributed by atoms with Gasteiger partial charge in [0.2, 0.25) is 0 Å². The lowest BCUT2D eigenvalue weighted by Gasteiger charge is -2.07. The fourth-order valence-electron chi connectivity index (χ4n) is 3.66. The number of thioether (sulfide) groups is 1. The number of aromatic nitrogens is 6. The molecule has 7 nitrogen and oxygen atoms in total. The summed E-state index contributed by atoms with van der Waals surface area (Å²) in [5, 5.41) is 15.7. The van der Waals surface area contributed by atoms with Gasteiger partial charge in [-0.15, -0.1) is 10.2 Å². The van der Waals surface area contributed by atoms with Crippen LogP contribution in [0.5, 0.6) is 0 Å². The Morgan fingerprint density at radius 3 is 2.77 bits per heavy atom. The molecule has 0 unspecified atom stereocenters. The maximum absolute atomic E-state index is 6.24. The summed E-state index contributed by atoms with van der Waals surface area (Å²) in [6, 6.07) is 16.1. The molecular weight excluding hydrogens is 432 g/mol. The van der Waals surface area contributed by atoms with Crippen LogP contribution >= 0.6 is 23.4 Å². The number of H-pyrrole nitrogens is 1. The molecule has 6 rings (SSSR count). The number of hydrogen-bond donors (Lipinski definition) is 1. The Bertz CT molecular complexity index is 1390. The summed E-state index contributed by atoms with van der Waals surface area (Å²) in [7, 11) is 0. The SMILES string of the molecule is Clc1ccccc1-c1nc(CSc2nnc(-c3c[nH]c4ccccc34)n2C2CC2)no1. The molecule has 9 heteroatoms. The van der Waals surface area contributed by atoms with Gasteiger partial charge in [-0.05, 0) is 31.0 Å². The minimum atomic E-state index is 0.421. The Morgan fingerprint density at radius 1 is 1.06 bits per heavy atom. The van der Waals surface area contributed by atoms with Crippen molar-refractivity contribution in [2.75, 3.05) is 0 Å². The van der Waals surface area contributed by atoms with E-state index < -0.39 is 0 Å². The van der Waals surface area contributed by atoms with Gasteiger partial charge in [-0.25, -0.2) is 0 Å². The lowest BCUT2D eigenvalue weighted by molar-refractivity contribution is 0.425. The molecule has 0 bridgehead atoms. The maximum atomic E-state index is 6.24. The summed E-state index contributed by atoms with van der Waals surface area (Å²) in [6.07, 6.45) is 4.29. The van der Waals surface area contributed by atoms with Crippen LogP contribution in [0.15, 0.2) is 64.4 Å². The Kier molecular flexibility index (Phi) is 4.54. The van der Waals surface area contributed by atoms with Gasteiger partial charge in [-0.1, -0.05) is 58.9 Å². The first-order chi connectivity index (χ1) is 15.3. The second kappa shape index (κ2) is 7.55. The summed E-state index contributed by atoms with van der Waals surface area (Å²) < 4.78 is 7.66. The van der Waals surface area contributed by atoms with E-state index in [0.29, 0.717) is 28.5 Å². The highest BCUT2D eigenvalue weighted by atomic mass is 35.5. The highest BCUT2D eigenvalue weighted by Crippen LogP contribution is 2.42. The van der Waals surface area contributed by atoms with Gasteiger partial charge in [-0.2, -0.15) is 4.98 Å². The van der Waals surface area contributed by atoms with Gasteiger partial charge in [-0.3, -0.25) is 4.57 Å². The van der Waals surface area contributed by atoms with Gasteiger partial charge < -0.3 is 9.51 Å². The molecule has 0 spiro atoms. The number of aromatic amines is 1.